The molecule has 4 aliphatic rings. The van der Waals surface area contributed by atoms with Gasteiger partial charge in [-0.3, -0.25) is 24.6 Å². The molecule has 1 atom stereocenters. The third kappa shape index (κ3) is 8.29. The molecule has 4 aliphatic heterocycles. The largest absolute Gasteiger partial charge is 0.508 e. The van der Waals surface area contributed by atoms with E-state index in [1.54, 1.807) is 17.0 Å². The van der Waals surface area contributed by atoms with Gasteiger partial charge in [-0.05, 0) is 88.7 Å². The Morgan fingerprint density at radius 1 is 0.776 bits per heavy atom. The molecular formula is C46H50N6O6. The smallest absolute Gasteiger partial charge is 0.320 e. The average molecular weight is 783 g/mol. The van der Waals surface area contributed by atoms with E-state index >= 15 is 0 Å². The van der Waals surface area contributed by atoms with Gasteiger partial charge in [0.2, 0.25) is 11.8 Å². The SMILES string of the molecule is CC/C(=C(/c1ccc(O)cc1)c1ccc(OCCN2CCN(C(=O)N3CCN(c4ccc5c(c4)CN([C@H]4CCC(=O)NC4=O)C5=O)CC3)CC2)cc1)c1ccccc1. The van der Waals surface area contributed by atoms with Gasteiger partial charge in [-0.2, -0.15) is 0 Å². The summed E-state index contributed by atoms with van der Waals surface area (Å²) in [6.07, 6.45) is 1.42. The summed E-state index contributed by atoms with van der Waals surface area (Å²) in [5.41, 5.74) is 8.15. The molecule has 4 aromatic carbocycles. The molecule has 3 fully saturated rings. The third-order valence-corrected chi connectivity index (χ3v) is 11.8. The van der Waals surface area contributed by atoms with Gasteiger partial charge < -0.3 is 29.4 Å². The van der Waals surface area contributed by atoms with Crippen molar-refractivity contribution in [1.82, 2.24) is 24.9 Å². The molecule has 8 rings (SSSR count). The van der Waals surface area contributed by atoms with Gasteiger partial charge in [-0.1, -0.05) is 61.5 Å². The van der Waals surface area contributed by atoms with Crippen molar-refractivity contribution in [3.05, 3.63) is 125 Å². The normalized spacial score (nSPS) is 19.2. The summed E-state index contributed by atoms with van der Waals surface area (Å²) in [6.45, 7) is 9.36. The first kappa shape index (κ1) is 38.7. The van der Waals surface area contributed by atoms with E-state index in [2.05, 4.69) is 58.4 Å². The van der Waals surface area contributed by atoms with Crippen LogP contribution in [0, 0.1) is 0 Å². The number of anilines is 1. The number of phenols is 1. The number of phenolic OH excluding ortho intramolecular Hbond substituents is 1. The summed E-state index contributed by atoms with van der Waals surface area (Å²) < 4.78 is 6.19. The van der Waals surface area contributed by atoms with Gasteiger partial charge in [-0.15, -0.1) is 0 Å². The van der Waals surface area contributed by atoms with Crippen molar-refractivity contribution in [3.8, 4) is 11.5 Å². The first-order valence-electron chi connectivity index (χ1n) is 20.4. The van der Waals surface area contributed by atoms with E-state index in [4.69, 9.17) is 4.74 Å². The molecule has 12 nitrogen and oxygen atoms in total. The Bertz CT molecular complexity index is 2170. The van der Waals surface area contributed by atoms with E-state index in [1.807, 2.05) is 58.3 Å². The number of carbonyl (C=O) groups is 4. The van der Waals surface area contributed by atoms with Crippen LogP contribution in [0.25, 0.3) is 11.1 Å². The number of aromatic hydroxyl groups is 1. The van der Waals surface area contributed by atoms with E-state index < -0.39 is 11.9 Å². The van der Waals surface area contributed by atoms with Gasteiger partial charge in [0.1, 0.15) is 24.1 Å². The zero-order chi connectivity index (χ0) is 40.2. The summed E-state index contributed by atoms with van der Waals surface area (Å²) in [7, 11) is 0. The van der Waals surface area contributed by atoms with Gasteiger partial charge >= 0.3 is 6.03 Å². The zero-order valence-corrected chi connectivity index (χ0v) is 32.9. The number of benzene rings is 4. The predicted octanol–water partition coefficient (Wildman–Crippen LogP) is 5.46. The Labute approximate surface area is 339 Å². The quantitative estimate of drug-likeness (QED) is 0.161. The fourth-order valence-corrected chi connectivity index (χ4v) is 8.59. The number of imide groups is 1. The number of rotatable bonds is 10. The molecule has 0 aromatic heterocycles. The number of ether oxygens (including phenoxy) is 1. The van der Waals surface area contributed by atoms with Crippen LogP contribution in [0.4, 0.5) is 10.5 Å². The number of hydrogen-bond acceptors (Lipinski definition) is 8. The highest BCUT2D eigenvalue weighted by molar-refractivity contribution is 6.05. The maximum atomic E-state index is 13.5. The van der Waals surface area contributed by atoms with Crippen LogP contribution >= 0.6 is 0 Å². The van der Waals surface area contributed by atoms with Crippen LogP contribution in [0.1, 0.15) is 58.8 Å². The molecule has 0 unspecified atom stereocenters. The van der Waals surface area contributed by atoms with Crippen molar-refractivity contribution < 1.29 is 29.0 Å². The average Bonchev–Trinajstić information content (AvgIpc) is 3.58. The Morgan fingerprint density at radius 2 is 1.43 bits per heavy atom. The highest BCUT2D eigenvalue weighted by atomic mass is 16.5. The number of carbonyl (C=O) groups excluding carboxylic acids is 4. The maximum Gasteiger partial charge on any atom is 0.320 e. The highest BCUT2D eigenvalue weighted by Crippen LogP contribution is 2.36. The molecule has 3 saturated heterocycles. The number of urea groups is 1. The lowest BCUT2D eigenvalue weighted by molar-refractivity contribution is -0.136. The number of amides is 5. The molecule has 0 bridgehead atoms. The lowest BCUT2D eigenvalue weighted by atomic mass is 9.88. The van der Waals surface area contributed by atoms with E-state index in [-0.39, 0.29) is 30.0 Å². The lowest BCUT2D eigenvalue weighted by Crippen LogP contribution is -2.57. The number of piperidine rings is 1. The molecule has 12 heteroatoms. The number of piperazine rings is 2. The molecule has 4 aromatic rings. The maximum absolute atomic E-state index is 13.5. The highest BCUT2D eigenvalue weighted by Gasteiger charge is 2.39. The fourth-order valence-electron chi connectivity index (χ4n) is 8.59. The van der Waals surface area contributed by atoms with Crippen LogP contribution in [0.2, 0.25) is 0 Å². The lowest BCUT2D eigenvalue weighted by Gasteiger charge is -2.41. The molecule has 0 saturated carbocycles. The van der Waals surface area contributed by atoms with Crippen molar-refractivity contribution in [2.45, 2.75) is 38.8 Å². The minimum absolute atomic E-state index is 0.0780. The van der Waals surface area contributed by atoms with Crippen LogP contribution in [-0.2, 0) is 16.1 Å². The van der Waals surface area contributed by atoms with Crippen molar-refractivity contribution >= 4 is 40.6 Å². The van der Waals surface area contributed by atoms with Gasteiger partial charge in [0.05, 0.1) is 0 Å². The summed E-state index contributed by atoms with van der Waals surface area (Å²) in [5.74, 6) is 0.165. The minimum Gasteiger partial charge on any atom is -0.508 e. The molecule has 0 spiro atoms. The Balaban J connectivity index is 0.795. The number of nitrogens with one attached hydrogen (secondary N) is 1. The summed E-state index contributed by atoms with van der Waals surface area (Å²) in [6, 6.07) is 31.3. The van der Waals surface area contributed by atoms with Crippen molar-refractivity contribution in [2.24, 2.45) is 0 Å². The van der Waals surface area contributed by atoms with E-state index in [0.29, 0.717) is 64.4 Å². The molecule has 2 N–H and O–H groups in total. The molecule has 300 valence electrons. The number of hydrogen-bond donors (Lipinski definition) is 2. The van der Waals surface area contributed by atoms with Crippen LogP contribution in [0.5, 0.6) is 11.5 Å². The number of allylic oxidation sites excluding steroid dienone is 1. The van der Waals surface area contributed by atoms with Crippen LogP contribution < -0.4 is 15.0 Å². The first-order valence-corrected chi connectivity index (χ1v) is 20.4. The van der Waals surface area contributed by atoms with E-state index in [0.717, 1.165) is 59.8 Å². The molecule has 0 aliphatic carbocycles. The third-order valence-electron chi connectivity index (χ3n) is 11.8. The Kier molecular flexibility index (Phi) is 11.5. The monoisotopic (exact) mass is 782 g/mol. The minimum atomic E-state index is -0.634. The van der Waals surface area contributed by atoms with Crippen LogP contribution in [-0.4, -0.2) is 120 Å². The van der Waals surface area contributed by atoms with Crippen LogP contribution in [0.15, 0.2) is 97.1 Å². The topological polar surface area (TPSA) is 126 Å². The number of nitrogens with zero attached hydrogens (tertiary/aromatic N) is 5. The van der Waals surface area contributed by atoms with Crippen molar-refractivity contribution in [3.63, 3.8) is 0 Å². The van der Waals surface area contributed by atoms with E-state index in [9.17, 15) is 24.3 Å². The Hall–Kier alpha value is -6.14. The fraction of sp³-hybridized carbons (Fsp3) is 0.348. The van der Waals surface area contributed by atoms with Gasteiger partial charge in [0, 0.05) is 83.1 Å². The molecule has 4 heterocycles. The second kappa shape index (κ2) is 17.2. The molecule has 0 radical (unpaired) electrons. The van der Waals surface area contributed by atoms with Crippen LogP contribution in [0.3, 0.4) is 0 Å². The number of fused-ring (bicyclic) bond motifs is 1. The van der Waals surface area contributed by atoms with Gasteiger partial charge in [0.15, 0.2) is 0 Å². The second-order valence-corrected chi connectivity index (χ2v) is 15.3. The second-order valence-electron chi connectivity index (χ2n) is 15.3. The summed E-state index contributed by atoms with van der Waals surface area (Å²) in [4.78, 5) is 60.8. The van der Waals surface area contributed by atoms with E-state index in [1.165, 1.54) is 11.1 Å². The molecule has 58 heavy (non-hydrogen) atoms. The standard InChI is InChI=1S/C46H50N6O6/c1-2-39(32-6-4-3-5-7-32)43(33-8-13-37(53)14-9-33)34-10-15-38(16-11-34)58-29-28-48-20-22-50(23-21-48)46(57)51-26-24-49(25-27-51)36-12-17-40-35(30-36)31-52(45(40)56)41-18-19-42(54)47-44(41)55/h3-17,30,41,53H,2,18-29,31H2,1H3,(H,47,54,55)/b43-39+/t41-/m0/s1. The zero-order valence-electron chi connectivity index (χ0n) is 32.9. The summed E-state index contributed by atoms with van der Waals surface area (Å²) >= 11 is 0. The van der Waals surface area contributed by atoms with Gasteiger partial charge in [0.25, 0.3) is 5.91 Å². The Morgan fingerprint density at radius 3 is 2.09 bits per heavy atom. The predicted molar refractivity (Wildman–Crippen MR) is 222 cm³/mol. The molecule has 5 amide bonds. The summed E-state index contributed by atoms with van der Waals surface area (Å²) in [5, 5.41) is 12.3. The first-order chi connectivity index (χ1) is 28.2. The van der Waals surface area contributed by atoms with Gasteiger partial charge in [-0.25, -0.2) is 4.79 Å². The van der Waals surface area contributed by atoms with Crippen molar-refractivity contribution in [1.29, 1.82) is 0 Å². The molecular weight excluding hydrogens is 733 g/mol. The van der Waals surface area contributed by atoms with Crippen molar-refractivity contribution in [2.75, 3.05) is 70.4 Å².